The number of carbonyl (C=O) groups excluding carboxylic acids is 2. The summed E-state index contributed by atoms with van der Waals surface area (Å²) in [5.74, 6) is -0.970. The summed E-state index contributed by atoms with van der Waals surface area (Å²) < 4.78 is 15.9. The highest BCUT2D eigenvalue weighted by molar-refractivity contribution is 6.31. The molecule has 0 fully saturated rings. The van der Waals surface area contributed by atoms with Crippen LogP contribution in [-0.2, 0) is 14.3 Å². The Balaban J connectivity index is 2.06. The van der Waals surface area contributed by atoms with Crippen LogP contribution in [0.5, 0.6) is 11.5 Å². The van der Waals surface area contributed by atoms with Gasteiger partial charge in [0.15, 0.2) is 17.3 Å². The number of rotatable bonds is 6. The lowest BCUT2D eigenvalue weighted by Gasteiger charge is -2.30. The topological polar surface area (TPSA) is 61.8 Å². The maximum absolute atomic E-state index is 13.0. The first-order chi connectivity index (χ1) is 14.0. The molecule has 0 aromatic heterocycles. The highest BCUT2D eigenvalue weighted by Gasteiger charge is 2.40. The molecule has 0 saturated carbocycles. The van der Waals surface area contributed by atoms with Gasteiger partial charge in [0.25, 0.3) is 0 Å². The van der Waals surface area contributed by atoms with E-state index in [9.17, 15) is 9.59 Å². The van der Waals surface area contributed by atoms with E-state index in [0.29, 0.717) is 22.9 Å². The lowest BCUT2D eigenvalue weighted by atomic mass is 9.73. The highest BCUT2D eigenvalue weighted by Crippen LogP contribution is 2.43. The van der Waals surface area contributed by atoms with Crippen LogP contribution in [0.15, 0.2) is 48.5 Å². The smallest absolute Gasteiger partial charge is 0.317 e. The molecule has 3 rings (SSSR count). The molecule has 0 aliphatic heterocycles. The van der Waals surface area contributed by atoms with Crippen molar-refractivity contribution in [3.05, 3.63) is 64.7 Å². The zero-order chi connectivity index (χ0) is 21.0. The van der Waals surface area contributed by atoms with Gasteiger partial charge in [0, 0.05) is 10.9 Å². The zero-order valence-corrected chi connectivity index (χ0v) is 17.4. The summed E-state index contributed by atoms with van der Waals surface area (Å²) in [5, 5.41) is 0.521. The van der Waals surface area contributed by atoms with Crippen molar-refractivity contribution in [2.45, 2.75) is 19.3 Å². The molecule has 5 nitrogen and oxygen atoms in total. The average Bonchev–Trinajstić information content (AvgIpc) is 2.73. The predicted molar refractivity (Wildman–Crippen MR) is 111 cm³/mol. The van der Waals surface area contributed by atoms with E-state index in [-0.39, 0.29) is 12.4 Å². The minimum absolute atomic E-state index is 0.212. The van der Waals surface area contributed by atoms with Crippen LogP contribution in [-0.4, -0.2) is 32.6 Å². The van der Waals surface area contributed by atoms with E-state index in [1.54, 1.807) is 33.3 Å². The van der Waals surface area contributed by atoms with E-state index in [1.807, 2.05) is 30.3 Å². The van der Waals surface area contributed by atoms with Crippen molar-refractivity contribution in [3.63, 3.8) is 0 Å². The average molecular weight is 415 g/mol. The van der Waals surface area contributed by atoms with Crippen molar-refractivity contribution in [1.29, 1.82) is 0 Å². The Kier molecular flexibility index (Phi) is 6.60. The summed E-state index contributed by atoms with van der Waals surface area (Å²) in [6, 6.07) is 12.8. The van der Waals surface area contributed by atoms with Crippen molar-refractivity contribution >= 4 is 28.9 Å². The summed E-state index contributed by atoms with van der Waals surface area (Å²) in [7, 11) is 3.13. The van der Waals surface area contributed by atoms with Crippen molar-refractivity contribution in [3.8, 4) is 11.5 Å². The Morgan fingerprint density at radius 2 is 1.83 bits per heavy atom. The third-order valence-corrected chi connectivity index (χ3v) is 5.41. The van der Waals surface area contributed by atoms with E-state index in [2.05, 4.69) is 0 Å². The van der Waals surface area contributed by atoms with Crippen LogP contribution >= 0.6 is 11.6 Å². The number of ether oxygens (including phenoxy) is 3. The van der Waals surface area contributed by atoms with E-state index in [4.69, 9.17) is 25.8 Å². The Morgan fingerprint density at radius 1 is 1.10 bits per heavy atom. The molecule has 0 amide bonds. The zero-order valence-electron chi connectivity index (χ0n) is 16.6. The van der Waals surface area contributed by atoms with Gasteiger partial charge in [-0.15, -0.1) is 0 Å². The molecule has 1 aliphatic carbocycles. The van der Waals surface area contributed by atoms with Gasteiger partial charge in [-0.2, -0.15) is 0 Å². The van der Waals surface area contributed by atoms with Gasteiger partial charge in [-0.3, -0.25) is 9.59 Å². The number of ketones is 1. The Morgan fingerprint density at radius 3 is 2.48 bits per heavy atom. The lowest BCUT2D eigenvalue weighted by Crippen LogP contribution is -2.34. The normalized spacial score (nSPS) is 18.8. The maximum atomic E-state index is 13.0. The molecule has 0 radical (unpaired) electrons. The summed E-state index contributed by atoms with van der Waals surface area (Å²) in [6.07, 6.45) is 1.99. The van der Waals surface area contributed by atoms with Crippen molar-refractivity contribution in [1.82, 2.24) is 0 Å². The van der Waals surface area contributed by atoms with Gasteiger partial charge in [0.05, 0.1) is 20.8 Å². The molecule has 2 aromatic carbocycles. The summed E-state index contributed by atoms with van der Waals surface area (Å²) in [4.78, 5) is 25.6. The molecule has 2 atom stereocenters. The molecule has 0 N–H and O–H groups in total. The summed E-state index contributed by atoms with van der Waals surface area (Å²) >= 11 is 6.41. The van der Waals surface area contributed by atoms with Gasteiger partial charge in [-0.1, -0.05) is 35.9 Å². The van der Waals surface area contributed by atoms with Crippen LogP contribution in [0.3, 0.4) is 0 Å². The number of benzene rings is 2. The summed E-state index contributed by atoms with van der Waals surface area (Å²) in [5.41, 5.74) is 2.39. The van der Waals surface area contributed by atoms with E-state index in [1.165, 1.54) is 6.08 Å². The fourth-order valence-electron chi connectivity index (χ4n) is 3.69. The maximum Gasteiger partial charge on any atom is 0.317 e. The molecule has 0 unspecified atom stereocenters. The van der Waals surface area contributed by atoms with Gasteiger partial charge >= 0.3 is 5.97 Å². The lowest BCUT2D eigenvalue weighted by molar-refractivity contribution is -0.151. The van der Waals surface area contributed by atoms with E-state index < -0.39 is 17.8 Å². The number of hydrogen-bond donors (Lipinski definition) is 0. The number of allylic oxidation sites excluding steroid dienone is 2. The second-order valence-electron chi connectivity index (χ2n) is 6.70. The van der Waals surface area contributed by atoms with Crippen molar-refractivity contribution < 1.29 is 23.8 Å². The van der Waals surface area contributed by atoms with Crippen LogP contribution in [0.2, 0.25) is 5.02 Å². The van der Waals surface area contributed by atoms with Gasteiger partial charge < -0.3 is 14.2 Å². The van der Waals surface area contributed by atoms with Crippen LogP contribution in [0.4, 0.5) is 0 Å². The molecular formula is C23H23ClO5. The van der Waals surface area contributed by atoms with Crippen molar-refractivity contribution in [2.24, 2.45) is 5.92 Å². The first kappa shape index (κ1) is 20.9. The molecular weight excluding hydrogens is 392 g/mol. The number of carbonyl (C=O) groups is 2. The fraction of sp³-hybridized carbons (Fsp3) is 0.304. The standard InChI is InChI=1S/C23H23ClO5/c1-4-29-23(26)22-17(16-7-5-6-8-18(16)24)11-15(12-19(22)25)14-9-10-20(27-2)21(13-14)28-3/h5-10,12-13,17,22H,4,11H2,1-3H3/t17-,22+/m0/s1. The Labute approximate surface area is 175 Å². The number of hydrogen-bond acceptors (Lipinski definition) is 5. The van der Waals surface area contributed by atoms with E-state index >= 15 is 0 Å². The molecule has 0 saturated heterocycles. The molecule has 0 heterocycles. The van der Waals surface area contributed by atoms with Crippen LogP contribution in [0, 0.1) is 5.92 Å². The SMILES string of the molecule is CCOC(=O)[C@H]1C(=O)C=C(c2ccc(OC)c(OC)c2)C[C@H]1c1ccccc1Cl. The predicted octanol–water partition coefficient (Wildman–Crippen LogP) is 4.68. The first-order valence-corrected chi connectivity index (χ1v) is 9.75. The van der Waals surface area contributed by atoms with Crippen LogP contribution in [0.25, 0.3) is 5.57 Å². The third-order valence-electron chi connectivity index (χ3n) is 5.06. The van der Waals surface area contributed by atoms with Crippen molar-refractivity contribution in [2.75, 3.05) is 20.8 Å². The highest BCUT2D eigenvalue weighted by atomic mass is 35.5. The third kappa shape index (κ3) is 4.30. The minimum Gasteiger partial charge on any atom is -0.493 e. The van der Waals surface area contributed by atoms with Crippen LogP contribution in [0.1, 0.15) is 30.4 Å². The minimum atomic E-state index is -0.918. The fourth-order valence-corrected chi connectivity index (χ4v) is 3.96. The number of esters is 1. The Bertz CT molecular complexity index is 950. The first-order valence-electron chi connectivity index (χ1n) is 9.38. The quantitative estimate of drug-likeness (QED) is 0.507. The molecule has 0 bridgehead atoms. The molecule has 2 aromatic rings. The van der Waals surface area contributed by atoms with Gasteiger partial charge in [0.1, 0.15) is 5.92 Å². The van der Waals surface area contributed by atoms with Crippen LogP contribution < -0.4 is 9.47 Å². The van der Waals surface area contributed by atoms with Gasteiger partial charge in [-0.05, 0) is 54.3 Å². The second kappa shape index (κ2) is 9.14. The van der Waals surface area contributed by atoms with Gasteiger partial charge in [0.2, 0.25) is 0 Å². The largest absolute Gasteiger partial charge is 0.493 e. The Hall–Kier alpha value is -2.79. The van der Waals surface area contributed by atoms with E-state index in [0.717, 1.165) is 16.7 Å². The molecule has 1 aliphatic rings. The summed E-state index contributed by atoms with van der Waals surface area (Å²) in [6.45, 7) is 1.94. The molecule has 6 heteroatoms. The molecule has 152 valence electrons. The molecule has 29 heavy (non-hydrogen) atoms. The number of methoxy groups -OCH3 is 2. The number of halogens is 1. The molecule has 0 spiro atoms. The second-order valence-corrected chi connectivity index (χ2v) is 7.11. The van der Waals surface area contributed by atoms with Gasteiger partial charge in [-0.25, -0.2) is 0 Å². The monoisotopic (exact) mass is 414 g/mol.